The van der Waals surface area contributed by atoms with E-state index in [9.17, 15) is 4.79 Å². The zero-order chi connectivity index (χ0) is 13.0. The molecule has 0 spiro atoms. The third-order valence-electron chi connectivity index (χ3n) is 2.99. The summed E-state index contributed by atoms with van der Waals surface area (Å²) < 4.78 is 0. The van der Waals surface area contributed by atoms with Crippen LogP contribution in [0.4, 0.5) is 0 Å². The standard InChI is InChI=1S/C13H18N4O.ClH/c1-9(14-2)7-16-12(18)6-10-8-17-13-11(10)4-3-5-15-13;/h3-5,8-9,14H,6-7H2,1-2H3,(H,15,17)(H,16,18);1H. The van der Waals surface area contributed by atoms with Crippen molar-refractivity contribution in [2.24, 2.45) is 0 Å². The van der Waals surface area contributed by atoms with Gasteiger partial charge in [0.25, 0.3) is 0 Å². The second-order valence-corrected chi connectivity index (χ2v) is 4.38. The van der Waals surface area contributed by atoms with E-state index >= 15 is 0 Å². The summed E-state index contributed by atoms with van der Waals surface area (Å²) in [6.45, 7) is 2.66. The Kier molecular flexibility index (Phi) is 5.79. The van der Waals surface area contributed by atoms with Gasteiger partial charge in [-0.05, 0) is 31.7 Å². The number of halogens is 1. The summed E-state index contributed by atoms with van der Waals surface area (Å²) in [5.41, 5.74) is 1.80. The molecule has 2 aromatic heterocycles. The summed E-state index contributed by atoms with van der Waals surface area (Å²) in [6.07, 6.45) is 3.96. The van der Waals surface area contributed by atoms with Gasteiger partial charge in [-0.2, -0.15) is 0 Å². The van der Waals surface area contributed by atoms with Crippen molar-refractivity contribution in [1.29, 1.82) is 0 Å². The zero-order valence-electron chi connectivity index (χ0n) is 11.1. The number of likely N-dealkylation sites (N-methyl/N-ethyl adjacent to an activating group) is 1. The predicted molar refractivity (Wildman–Crippen MR) is 78.6 cm³/mol. The SMILES string of the molecule is CNC(C)CNC(=O)Cc1c[nH]c2ncccc12.Cl. The molecule has 5 nitrogen and oxygen atoms in total. The van der Waals surface area contributed by atoms with Gasteiger partial charge < -0.3 is 15.6 Å². The van der Waals surface area contributed by atoms with Gasteiger partial charge >= 0.3 is 0 Å². The van der Waals surface area contributed by atoms with Crippen molar-refractivity contribution in [1.82, 2.24) is 20.6 Å². The molecule has 0 fully saturated rings. The number of rotatable bonds is 5. The van der Waals surface area contributed by atoms with Crippen molar-refractivity contribution < 1.29 is 4.79 Å². The first-order valence-corrected chi connectivity index (χ1v) is 6.05. The molecule has 19 heavy (non-hydrogen) atoms. The lowest BCUT2D eigenvalue weighted by Gasteiger charge is -2.11. The van der Waals surface area contributed by atoms with Crippen molar-refractivity contribution in [2.75, 3.05) is 13.6 Å². The minimum atomic E-state index is 0. The molecule has 1 amide bonds. The van der Waals surface area contributed by atoms with E-state index in [0.29, 0.717) is 13.0 Å². The molecule has 1 unspecified atom stereocenters. The van der Waals surface area contributed by atoms with E-state index in [-0.39, 0.29) is 24.4 Å². The molecule has 0 bridgehead atoms. The van der Waals surface area contributed by atoms with Gasteiger partial charge in [0.15, 0.2) is 0 Å². The monoisotopic (exact) mass is 282 g/mol. The number of carbonyl (C=O) groups excluding carboxylic acids is 1. The molecular formula is C13H19ClN4O. The average Bonchev–Trinajstić information content (AvgIpc) is 2.79. The van der Waals surface area contributed by atoms with Gasteiger partial charge in [-0.25, -0.2) is 4.98 Å². The summed E-state index contributed by atoms with van der Waals surface area (Å²) in [4.78, 5) is 19.1. The highest BCUT2D eigenvalue weighted by molar-refractivity contribution is 5.87. The first kappa shape index (κ1) is 15.5. The van der Waals surface area contributed by atoms with Crippen LogP contribution in [0.2, 0.25) is 0 Å². The van der Waals surface area contributed by atoms with E-state index in [1.165, 1.54) is 0 Å². The van der Waals surface area contributed by atoms with Gasteiger partial charge in [-0.15, -0.1) is 12.4 Å². The molecule has 3 N–H and O–H groups in total. The second-order valence-electron chi connectivity index (χ2n) is 4.38. The van der Waals surface area contributed by atoms with Crippen LogP contribution in [0, 0.1) is 0 Å². The van der Waals surface area contributed by atoms with Gasteiger partial charge in [0.1, 0.15) is 5.65 Å². The number of aromatic amines is 1. The maximum atomic E-state index is 11.8. The minimum Gasteiger partial charge on any atom is -0.354 e. The molecule has 1 atom stereocenters. The summed E-state index contributed by atoms with van der Waals surface area (Å²) in [5.74, 6) is 0.0295. The number of carbonyl (C=O) groups is 1. The third-order valence-corrected chi connectivity index (χ3v) is 2.99. The summed E-state index contributed by atoms with van der Waals surface area (Å²) in [6, 6.07) is 4.12. The van der Waals surface area contributed by atoms with Crippen molar-refractivity contribution in [3.8, 4) is 0 Å². The van der Waals surface area contributed by atoms with Gasteiger partial charge in [0.05, 0.1) is 6.42 Å². The molecule has 2 heterocycles. The molecule has 0 aliphatic carbocycles. The molecule has 0 aliphatic rings. The normalized spacial score (nSPS) is 11.9. The number of aromatic nitrogens is 2. The fraction of sp³-hybridized carbons (Fsp3) is 0.385. The van der Waals surface area contributed by atoms with Crippen LogP contribution in [0.5, 0.6) is 0 Å². The molecule has 0 radical (unpaired) electrons. The van der Waals surface area contributed by atoms with Gasteiger partial charge in [0.2, 0.25) is 5.91 Å². The first-order valence-electron chi connectivity index (χ1n) is 6.05. The minimum absolute atomic E-state index is 0. The molecule has 2 aromatic rings. The number of amides is 1. The molecule has 6 heteroatoms. The molecule has 0 saturated carbocycles. The fourth-order valence-electron chi connectivity index (χ4n) is 1.76. The van der Waals surface area contributed by atoms with E-state index in [1.54, 1.807) is 6.20 Å². The highest BCUT2D eigenvalue weighted by Gasteiger charge is 2.09. The molecular weight excluding hydrogens is 264 g/mol. The summed E-state index contributed by atoms with van der Waals surface area (Å²) >= 11 is 0. The number of nitrogens with zero attached hydrogens (tertiary/aromatic N) is 1. The Labute approximate surface area is 118 Å². The topological polar surface area (TPSA) is 69.8 Å². The van der Waals surface area contributed by atoms with Crippen molar-refractivity contribution in [2.45, 2.75) is 19.4 Å². The van der Waals surface area contributed by atoms with Crippen molar-refractivity contribution in [3.63, 3.8) is 0 Å². The molecule has 0 saturated heterocycles. The maximum Gasteiger partial charge on any atom is 0.224 e. The average molecular weight is 283 g/mol. The third kappa shape index (κ3) is 3.94. The molecule has 0 aromatic carbocycles. The maximum absolute atomic E-state index is 11.8. The number of pyridine rings is 1. The van der Waals surface area contributed by atoms with Gasteiger partial charge in [-0.3, -0.25) is 4.79 Å². The smallest absolute Gasteiger partial charge is 0.224 e. The summed E-state index contributed by atoms with van der Waals surface area (Å²) in [5, 5.41) is 6.99. The van der Waals surface area contributed by atoms with E-state index in [0.717, 1.165) is 16.6 Å². The van der Waals surface area contributed by atoms with Gasteiger partial charge in [-0.1, -0.05) is 0 Å². The number of H-pyrrole nitrogens is 1. The molecule has 2 rings (SSSR count). The predicted octanol–water partition coefficient (Wildman–Crippen LogP) is 1.25. The zero-order valence-corrected chi connectivity index (χ0v) is 11.9. The number of fused-ring (bicyclic) bond motifs is 1. The van der Waals surface area contributed by atoms with Crippen LogP contribution in [-0.4, -0.2) is 35.5 Å². The van der Waals surface area contributed by atoms with Crippen LogP contribution in [0.25, 0.3) is 11.0 Å². The Hall–Kier alpha value is -1.59. The first-order chi connectivity index (χ1) is 8.70. The summed E-state index contributed by atoms with van der Waals surface area (Å²) in [7, 11) is 1.88. The van der Waals surface area contributed by atoms with E-state index in [4.69, 9.17) is 0 Å². The lowest BCUT2D eigenvalue weighted by Crippen LogP contribution is -2.37. The van der Waals surface area contributed by atoms with Crippen LogP contribution < -0.4 is 10.6 Å². The van der Waals surface area contributed by atoms with Crippen molar-refractivity contribution >= 4 is 29.3 Å². The van der Waals surface area contributed by atoms with E-state index in [2.05, 4.69) is 20.6 Å². The Morgan fingerprint density at radius 1 is 1.53 bits per heavy atom. The van der Waals surface area contributed by atoms with E-state index in [1.807, 2.05) is 32.3 Å². The van der Waals surface area contributed by atoms with Crippen LogP contribution in [0.3, 0.4) is 0 Å². The highest BCUT2D eigenvalue weighted by atomic mass is 35.5. The largest absolute Gasteiger partial charge is 0.354 e. The Morgan fingerprint density at radius 2 is 2.32 bits per heavy atom. The second kappa shape index (κ2) is 7.11. The number of hydrogen-bond acceptors (Lipinski definition) is 3. The molecule has 0 aliphatic heterocycles. The highest BCUT2D eigenvalue weighted by Crippen LogP contribution is 2.15. The Bertz CT molecular complexity index is 540. The molecule has 104 valence electrons. The van der Waals surface area contributed by atoms with E-state index < -0.39 is 0 Å². The van der Waals surface area contributed by atoms with Crippen molar-refractivity contribution in [3.05, 3.63) is 30.1 Å². The van der Waals surface area contributed by atoms with Crippen LogP contribution in [-0.2, 0) is 11.2 Å². The number of nitrogens with one attached hydrogen (secondary N) is 3. The Morgan fingerprint density at radius 3 is 3.05 bits per heavy atom. The lowest BCUT2D eigenvalue weighted by molar-refractivity contribution is -0.120. The van der Waals surface area contributed by atoms with Gasteiger partial charge in [0, 0.05) is 30.4 Å². The Balaban J connectivity index is 0.00000180. The lowest BCUT2D eigenvalue weighted by atomic mass is 10.1. The van der Waals surface area contributed by atoms with Crippen LogP contribution in [0.15, 0.2) is 24.5 Å². The quantitative estimate of drug-likeness (QED) is 0.773. The fourth-order valence-corrected chi connectivity index (χ4v) is 1.76. The van der Waals surface area contributed by atoms with Crippen LogP contribution in [0.1, 0.15) is 12.5 Å². The van der Waals surface area contributed by atoms with Crippen LogP contribution >= 0.6 is 12.4 Å². The number of hydrogen-bond donors (Lipinski definition) is 3.